The average Bonchev–Trinajstić information content (AvgIpc) is 2.15. The molecule has 1 nitrogen and oxygen atoms in total. The van der Waals surface area contributed by atoms with Crippen molar-refractivity contribution in [2.24, 2.45) is 0 Å². The summed E-state index contributed by atoms with van der Waals surface area (Å²) >= 11 is 5.12. The molecule has 1 aromatic rings. The van der Waals surface area contributed by atoms with Crippen molar-refractivity contribution in [1.82, 2.24) is 5.32 Å². The summed E-state index contributed by atoms with van der Waals surface area (Å²) in [7, 11) is 0. The van der Waals surface area contributed by atoms with Crippen LogP contribution >= 0.6 is 12.2 Å². The highest BCUT2D eigenvalue weighted by Gasteiger charge is 1.94. The van der Waals surface area contributed by atoms with Gasteiger partial charge in [-0.15, -0.1) is 0 Å². The van der Waals surface area contributed by atoms with Gasteiger partial charge in [0.05, 0.1) is 0 Å². The molecule has 2 heteroatoms. The van der Waals surface area contributed by atoms with E-state index in [1.54, 1.807) is 0 Å². The van der Waals surface area contributed by atoms with Crippen LogP contribution in [0.2, 0.25) is 0 Å². The highest BCUT2D eigenvalue weighted by molar-refractivity contribution is 7.80. The number of nitrogens with one attached hydrogen (secondary N) is 1. The lowest BCUT2D eigenvalue weighted by Crippen LogP contribution is -2.15. The highest BCUT2D eigenvalue weighted by atomic mass is 32.1. The number of benzene rings is 1. The molecule has 0 saturated heterocycles. The second kappa shape index (κ2) is 4.67. The molecule has 0 bridgehead atoms. The van der Waals surface area contributed by atoms with Crippen LogP contribution in [0.1, 0.15) is 12.5 Å². The van der Waals surface area contributed by atoms with Gasteiger partial charge in [-0.1, -0.05) is 48.6 Å². The van der Waals surface area contributed by atoms with E-state index >= 15 is 0 Å². The third-order valence-corrected chi connectivity index (χ3v) is 1.77. The van der Waals surface area contributed by atoms with E-state index in [-0.39, 0.29) is 0 Å². The Balaban J connectivity index is 2.66. The predicted molar refractivity (Wildman–Crippen MR) is 56.1 cm³/mol. The van der Waals surface area contributed by atoms with Crippen LogP contribution < -0.4 is 5.32 Å². The van der Waals surface area contributed by atoms with Gasteiger partial charge >= 0.3 is 0 Å². The second-order valence-electron chi connectivity index (χ2n) is 2.34. The van der Waals surface area contributed by atoms with Gasteiger partial charge in [0.1, 0.15) is 4.99 Å². The predicted octanol–water partition coefficient (Wildman–Crippen LogP) is 2.49. The zero-order valence-corrected chi connectivity index (χ0v) is 7.77. The van der Waals surface area contributed by atoms with Crippen molar-refractivity contribution in [3.8, 4) is 0 Å². The third-order valence-electron chi connectivity index (χ3n) is 1.42. The maximum absolute atomic E-state index is 5.12. The summed E-state index contributed by atoms with van der Waals surface area (Å²) in [5.41, 5.74) is 1.05. The fraction of sp³-hybridized carbons (Fsp3) is 0.100. The van der Waals surface area contributed by atoms with Gasteiger partial charge in [0.2, 0.25) is 0 Å². The molecule has 0 aliphatic heterocycles. The fourth-order valence-corrected chi connectivity index (χ4v) is 1.04. The number of allylic oxidation sites excluding steroid dienone is 1. The van der Waals surface area contributed by atoms with Crippen LogP contribution in [-0.2, 0) is 0 Å². The van der Waals surface area contributed by atoms with Crippen LogP contribution in [0.3, 0.4) is 0 Å². The molecule has 1 N–H and O–H groups in total. The van der Waals surface area contributed by atoms with Crippen molar-refractivity contribution in [1.29, 1.82) is 0 Å². The molecule has 0 saturated carbocycles. The Kier molecular flexibility index (Phi) is 3.48. The minimum absolute atomic E-state index is 0.758. The van der Waals surface area contributed by atoms with Crippen LogP contribution in [0.25, 0.3) is 0 Å². The first-order valence-corrected chi connectivity index (χ1v) is 4.22. The fourth-order valence-electron chi connectivity index (χ4n) is 0.832. The van der Waals surface area contributed by atoms with Gasteiger partial charge in [-0.3, -0.25) is 0 Å². The lowest BCUT2D eigenvalue weighted by molar-refractivity contribution is 1.29. The van der Waals surface area contributed by atoms with Gasteiger partial charge in [-0.05, 0) is 13.1 Å². The normalized spacial score (nSPS) is 10.1. The first kappa shape index (κ1) is 8.94. The van der Waals surface area contributed by atoms with E-state index in [0.29, 0.717) is 0 Å². The summed E-state index contributed by atoms with van der Waals surface area (Å²) in [5.74, 6) is 0. The SMILES string of the molecule is C/C=C\NC(=S)c1ccccc1. The van der Waals surface area contributed by atoms with Crippen LogP contribution in [0, 0.1) is 0 Å². The first-order valence-electron chi connectivity index (χ1n) is 3.81. The zero-order chi connectivity index (χ0) is 8.81. The summed E-state index contributed by atoms with van der Waals surface area (Å²) in [5, 5.41) is 3.00. The maximum Gasteiger partial charge on any atom is 0.110 e. The molecule has 0 unspecified atom stereocenters. The molecule has 0 aliphatic carbocycles. The van der Waals surface area contributed by atoms with Gasteiger partial charge in [0.25, 0.3) is 0 Å². The number of thiocarbonyl (C=S) groups is 1. The van der Waals surface area contributed by atoms with Gasteiger partial charge in [0.15, 0.2) is 0 Å². The number of rotatable bonds is 2. The molecule has 1 aromatic carbocycles. The summed E-state index contributed by atoms with van der Waals surface area (Å²) in [4.78, 5) is 0.758. The topological polar surface area (TPSA) is 12.0 Å². The minimum Gasteiger partial charge on any atom is -0.353 e. The van der Waals surface area contributed by atoms with E-state index in [9.17, 15) is 0 Å². The zero-order valence-electron chi connectivity index (χ0n) is 6.95. The molecule has 12 heavy (non-hydrogen) atoms. The Morgan fingerprint density at radius 3 is 2.58 bits per heavy atom. The Morgan fingerprint density at radius 2 is 2.00 bits per heavy atom. The quantitative estimate of drug-likeness (QED) is 0.696. The van der Waals surface area contributed by atoms with Crippen molar-refractivity contribution in [2.75, 3.05) is 0 Å². The van der Waals surface area contributed by atoms with E-state index in [2.05, 4.69) is 5.32 Å². The van der Waals surface area contributed by atoms with E-state index < -0.39 is 0 Å². The largest absolute Gasteiger partial charge is 0.353 e. The Hall–Kier alpha value is -1.15. The van der Waals surface area contributed by atoms with Crippen molar-refractivity contribution in [3.63, 3.8) is 0 Å². The number of hydrogen-bond acceptors (Lipinski definition) is 1. The third kappa shape index (κ3) is 2.47. The monoisotopic (exact) mass is 177 g/mol. The summed E-state index contributed by atoms with van der Waals surface area (Å²) < 4.78 is 0. The van der Waals surface area contributed by atoms with Crippen LogP contribution in [0.15, 0.2) is 42.6 Å². The van der Waals surface area contributed by atoms with Gasteiger partial charge in [0, 0.05) is 5.56 Å². The second-order valence-corrected chi connectivity index (χ2v) is 2.75. The number of hydrogen-bond donors (Lipinski definition) is 1. The van der Waals surface area contributed by atoms with Crippen molar-refractivity contribution in [2.45, 2.75) is 6.92 Å². The molecule has 62 valence electrons. The van der Waals surface area contributed by atoms with E-state index in [0.717, 1.165) is 10.6 Å². The molecule has 0 aliphatic rings. The van der Waals surface area contributed by atoms with Gasteiger partial charge < -0.3 is 5.32 Å². The van der Waals surface area contributed by atoms with Gasteiger partial charge in [-0.25, -0.2) is 0 Å². The molecule has 0 atom stereocenters. The summed E-state index contributed by atoms with van der Waals surface area (Å²) in [6, 6.07) is 9.89. The molecular formula is C10H11NS. The molecule has 0 amide bonds. The molecule has 0 heterocycles. The molecule has 0 aromatic heterocycles. The van der Waals surface area contributed by atoms with E-state index in [1.165, 1.54) is 0 Å². The Labute approximate surface area is 78.1 Å². The molecular weight excluding hydrogens is 166 g/mol. The highest BCUT2D eigenvalue weighted by Crippen LogP contribution is 1.98. The van der Waals surface area contributed by atoms with Crippen molar-refractivity contribution < 1.29 is 0 Å². The first-order chi connectivity index (χ1) is 5.84. The van der Waals surface area contributed by atoms with Crippen molar-refractivity contribution in [3.05, 3.63) is 48.2 Å². The molecule has 0 spiro atoms. The average molecular weight is 177 g/mol. The Bertz CT molecular complexity index is 277. The van der Waals surface area contributed by atoms with Gasteiger partial charge in [-0.2, -0.15) is 0 Å². The molecule has 1 rings (SSSR count). The van der Waals surface area contributed by atoms with Crippen LogP contribution in [0.5, 0.6) is 0 Å². The van der Waals surface area contributed by atoms with Crippen molar-refractivity contribution >= 4 is 17.2 Å². The lowest BCUT2D eigenvalue weighted by Gasteiger charge is -2.01. The lowest BCUT2D eigenvalue weighted by atomic mass is 10.2. The minimum atomic E-state index is 0.758. The maximum atomic E-state index is 5.12. The standard InChI is InChI=1S/C10H11NS/c1-2-8-11-10(12)9-6-4-3-5-7-9/h2-8H,1H3,(H,11,12)/b8-2-. The summed E-state index contributed by atoms with van der Waals surface area (Å²) in [6.07, 6.45) is 3.74. The van der Waals surface area contributed by atoms with E-state index in [4.69, 9.17) is 12.2 Å². The van der Waals surface area contributed by atoms with Crippen LogP contribution in [-0.4, -0.2) is 4.99 Å². The van der Waals surface area contributed by atoms with Crippen LogP contribution in [0.4, 0.5) is 0 Å². The summed E-state index contributed by atoms with van der Waals surface area (Å²) in [6.45, 7) is 1.95. The molecule has 0 radical (unpaired) electrons. The Morgan fingerprint density at radius 1 is 1.33 bits per heavy atom. The molecule has 0 fully saturated rings. The smallest absolute Gasteiger partial charge is 0.110 e. The van der Waals surface area contributed by atoms with E-state index in [1.807, 2.05) is 49.5 Å².